The molecule has 0 saturated heterocycles. The first-order chi connectivity index (χ1) is 10.2. The predicted octanol–water partition coefficient (Wildman–Crippen LogP) is 3.28. The zero-order chi connectivity index (χ0) is 15.2. The highest BCUT2D eigenvalue weighted by Crippen LogP contribution is 2.24. The lowest BCUT2D eigenvalue weighted by Gasteiger charge is -2.20. The Morgan fingerprint density at radius 3 is 2.43 bits per heavy atom. The van der Waals surface area contributed by atoms with Crippen molar-refractivity contribution in [3.05, 3.63) is 47.7 Å². The highest BCUT2D eigenvalue weighted by Gasteiger charge is 2.08. The van der Waals surface area contributed by atoms with Crippen LogP contribution in [0.2, 0.25) is 0 Å². The molecule has 0 amide bonds. The number of pyridine rings is 1. The molecule has 2 rings (SSSR count). The van der Waals surface area contributed by atoms with Gasteiger partial charge in [-0.1, -0.05) is 13.0 Å². The number of aromatic nitrogens is 1. The number of nitrogens with zero attached hydrogens (tertiary/aromatic N) is 2. The van der Waals surface area contributed by atoms with Crippen molar-refractivity contribution < 1.29 is 4.74 Å². The SMILES string of the molecule is CCNCc1ccc(N(C)c2ccc(OC)cc2)nc1C. The van der Waals surface area contributed by atoms with Crippen LogP contribution in [0.1, 0.15) is 18.2 Å². The van der Waals surface area contributed by atoms with Crippen LogP contribution in [0.3, 0.4) is 0 Å². The lowest BCUT2D eigenvalue weighted by atomic mass is 10.2. The highest BCUT2D eigenvalue weighted by molar-refractivity contribution is 5.60. The van der Waals surface area contributed by atoms with E-state index in [2.05, 4.69) is 36.2 Å². The molecule has 1 N–H and O–H groups in total. The van der Waals surface area contributed by atoms with Crippen LogP contribution in [0.5, 0.6) is 5.75 Å². The van der Waals surface area contributed by atoms with Crippen molar-refractivity contribution in [3.8, 4) is 5.75 Å². The van der Waals surface area contributed by atoms with Gasteiger partial charge in [0.05, 0.1) is 7.11 Å². The van der Waals surface area contributed by atoms with Crippen molar-refractivity contribution in [3.63, 3.8) is 0 Å². The first kappa shape index (κ1) is 15.3. The van der Waals surface area contributed by atoms with Gasteiger partial charge in [0.2, 0.25) is 0 Å². The molecule has 0 aliphatic rings. The van der Waals surface area contributed by atoms with Gasteiger partial charge in [0.25, 0.3) is 0 Å². The van der Waals surface area contributed by atoms with E-state index < -0.39 is 0 Å². The van der Waals surface area contributed by atoms with Crippen molar-refractivity contribution in [2.45, 2.75) is 20.4 Å². The number of benzene rings is 1. The number of hydrogen-bond donors (Lipinski definition) is 1. The zero-order valence-electron chi connectivity index (χ0n) is 13.2. The van der Waals surface area contributed by atoms with Crippen LogP contribution < -0.4 is 15.0 Å². The van der Waals surface area contributed by atoms with E-state index in [9.17, 15) is 0 Å². The van der Waals surface area contributed by atoms with Crippen molar-refractivity contribution in [2.24, 2.45) is 0 Å². The Kier molecular flexibility index (Phi) is 5.17. The predicted molar refractivity (Wildman–Crippen MR) is 87.4 cm³/mol. The third-order valence-corrected chi connectivity index (χ3v) is 3.55. The molecule has 0 bridgehead atoms. The van der Waals surface area contributed by atoms with Crippen LogP contribution >= 0.6 is 0 Å². The lowest BCUT2D eigenvalue weighted by Crippen LogP contribution is -2.15. The molecule has 0 radical (unpaired) electrons. The van der Waals surface area contributed by atoms with Crippen LogP contribution in [-0.4, -0.2) is 25.7 Å². The first-order valence-corrected chi connectivity index (χ1v) is 7.20. The van der Waals surface area contributed by atoms with Gasteiger partial charge in [0.1, 0.15) is 11.6 Å². The highest BCUT2D eigenvalue weighted by atomic mass is 16.5. The van der Waals surface area contributed by atoms with Crippen LogP contribution in [0, 0.1) is 6.92 Å². The van der Waals surface area contributed by atoms with Gasteiger partial charge < -0.3 is 15.0 Å². The number of rotatable bonds is 6. The Morgan fingerprint density at radius 1 is 1.14 bits per heavy atom. The van der Waals surface area contributed by atoms with Crippen molar-refractivity contribution in [2.75, 3.05) is 25.6 Å². The molecule has 0 spiro atoms. The summed E-state index contributed by atoms with van der Waals surface area (Å²) in [5, 5.41) is 3.33. The monoisotopic (exact) mass is 285 g/mol. The van der Waals surface area contributed by atoms with E-state index in [0.29, 0.717) is 0 Å². The average Bonchev–Trinajstić information content (AvgIpc) is 2.53. The number of anilines is 2. The summed E-state index contributed by atoms with van der Waals surface area (Å²) in [5.74, 6) is 1.80. The minimum absolute atomic E-state index is 0.859. The molecule has 1 aromatic carbocycles. The molecule has 0 unspecified atom stereocenters. The van der Waals surface area contributed by atoms with E-state index in [4.69, 9.17) is 9.72 Å². The van der Waals surface area contributed by atoms with Crippen molar-refractivity contribution in [1.82, 2.24) is 10.3 Å². The van der Waals surface area contributed by atoms with E-state index >= 15 is 0 Å². The molecule has 4 nitrogen and oxygen atoms in total. The van der Waals surface area contributed by atoms with Gasteiger partial charge >= 0.3 is 0 Å². The number of ether oxygens (including phenoxy) is 1. The largest absolute Gasteiger partial charge is 0.497 e. The molecular weight excluding hydrogens is 262 g/mol. The summed E-state index contributed by atoms with van der Waals surface area (Å²) in [6.45, 7) is 5.99. The standard InChI is InChI=1S/C17H23N3O/c1-5-18-12-14-6-11-17(19-13(14)2)20(3)15-7-9-16(21-4)10-8-15/h6-11,18H,5,12H2,1-4H3. The van der Waals surface area contributed by atoms with E-state index in [-0.39, 0.29) is 0 Å². The molecule has 1 aromatic heterocycles. The second-order valence-corrected chi connectivity index (χ2v) is 4.95. The van der Waals surface area contributed by atoms with Crippen molar-refractivity contribution in [1.29, 1.82) is 0 Å². The molecule has 2 aromatic rings. The number of aryl methyl sites for hydroxylation is 1. The Hall–Kier alpha value is -2.07. The van der Waals surface area contributed by atoms with E-state index in [1.54, 1.807) is 7.11 Å². The van der Waals surface area contributed by atoms with E-state index in [1.807, 2.05) is 31.3 Å². The molecule has 0 aliphatic heterocycles. The fourth-order valence-corrected chi connectivity index (χ4v) is 2.15. The molecular formula is C17H23N3O. The molecule has 0 atom stereocenters. The quantitative estimate of drug-likeness (QED) is 0.884. The first-order valence-electron chi connectivity index (χ1n) is 7.20. The number of methoxy groups -OCH3 is 1. The van der Waals surface area contributed by atoms with Crippen LogP contribution in [0.25, 0.3) is 0 Å². The van der Waals surface area contributed by atoms with Gasteiger partial charge in [0.15, 0.2) is 0 Å². The fraction of sp³-hybridized carbons (Fsp3) is 0.353. The molecule has 4 heteroatoms. The molecule has 0 aliphatic carbocycles. The summed E-state index contributed by atoms with van der Waals surface area (Å²) in [6.07, 6.45) is 0. The molecule has 112 valence electrons. The van der Waals surface area contributed by atoms with Crippen LogP contribution in [-0.2, 0) is 6.54 Å². The summed E-state index contributed by atoms with van der Waals surface area (Å²) >= 11 is 0. The smallest absolute Gasteiger partial charge is 0.132 e. The van der Waals surface area contributed by atoms with Gasteiger partial charge in [-0.2, -0.15) is 0 Å². The number of hydrogen-bond acceptors (Lipinski definition) is 4. The van der Waals surface area contributed by atoms with E-state index in [1.165, 1.54) is 5.56 Å². The molecule has 21 heavy (non-hydrogen) atoms. The maximum atomic E-state index is 5.19. The minimum Gasteiger partial charge on any atom is -0.497 e. The topological polar surface area (TPSA) is 37.4 Å². The number of nitrogens with one attached hydrogen (secondary N) is 1. The van der Waals surface area contributed by atoms with Gasteiger partial charge in [-0.25, -0.2) is 4.98 Å². The summed E-state index contributed by atoms with van der Waals surface area (Å²) in [4.78, 5) is 6.77. The van der Waals surface area contributed by atoms with Crippen LogP contribution in [0.15, 0.2) is 36.4 Å². The Balaban J connectivity index is 2.18. The second kappa shape index (κ2) is 7.09. The maximum Gasteiger partial charge on any atom is 0.132 e. The maximum absolute atomic E-state index is 5.19. The summed E-state index contributed by atoms with van der Waals surface area (Å²) in [6, 6.07) is 12.2. The summed E-state index contributed by atoms with van der Waals surface area (Å²) < 4.78 is 5.19. The molecule has 0 fully saturated rings. The molecule has 0 saturated carbocycles. The lowest BCUT2D eigenvalue weighted by molar-refractivity contribution is 0.415. The fourth-order valence-electron chi connectivity index (χ4n) is 2.15. The summed E-state index contributed by atoms with van der Waals surface area (Å²) in [7, 11) is 3.69. The Bertz CT molecular complexity index is 581. The van der Waals surface area contributed by atoms with Gasteiger partial charge in [-0.15, -0.1) is 0 Å². The average molecular weight is 285 g/mol. The zero-order valence-corrected chi connectivity index (χ0v) is 13.2. The van der Waals surface area contributed by atoms with Gasteiger partial charge in [-0.05, 0) is 49.4 Å². The molecule has 1 heterocycles. The van der Waals surface area contributed by atoms with E-state index in [0.717, 1.165) is 36.0 Å². The second-order valence-electron chi connectivity index (χ2n) is 4.95. The third-order valence-electron chi connectivity index (χ3n) is 3.55. The summed E-state index contributed by atoms with van der Waals surface area (Å²) in [5.41, 5.74) is 3.39. The third kappa shape index (κ3) is 3.73. The van der Waals surface area contributed by atoms with Crippen molar-refractivity contribution >= 4 is 11.5 Å². The minimum atomic E-state index is 0.859. The van der Waals surface area contributed by atoms with Gasteiger partial charge in [-0.3, -0.25) is 0 Å². The Labute approximate surface area is 126 Å². The van der Waals surface area contributed by atoms with Crippen LogP contribution in [0.4, 0.5) is 11.5 Å². The normalized spacial score (nSPS) is 10.5. The van der Waals surface area contributed by atoms with Gasteiger partial charge in [0, 0.05) is 25.0 Å². The Morgan fingerprint density at radius 2 is 1.86 bits per heavy atom.